The van der Waals surface area contributed by atoms with Crippen LogP contribution in [0.3, 0.4) is 0 Å². The van der Waals surface area contributed by atoms with E-state index in [0.29, 0.717) is 0 Å². The van der Waals surface area contributed by atoms with Crippen molar-refractivity contribution in [3.05, 3.63) is 212 Å². The smallest absolute Gasteiger partial charge is 0.0547 e. The molecule has 0 radical (unpaired) electrons. The van der Waals surface area contributed by atoms with E-state index in [1.165, 1.54) is 93.4 Å². The van der Waals surface area contributed by atoms with Crippen LogP contribution in [0, 0.1) is 0 Å². The molecule has 12 aromatic rings. The van der Waals surface area contributed by atoms with Gasteiger partial charge in [-0.05, 0) is 107 Å². The van der Waals surface area contributed by atoms with Gasteiger partial charge in [-0.3, -0.25) is 0 Å². The highest BCUT2D eigenvalue weighted by Crippen LogP contribution is 2.43. The maximum atomic E-state index is 2.42. The van der Waals surface area contributed by atoms with Crippen LogP contribution in [0.25, 0.3) is 105 Å². The third-order valence-electron chi connectivity index (χ3n) is 11.8. The second-order valence-corrected chi connectivity index (χ2v) is 14.9. The summed E-state index contributed by atoms with van der Waals surface area (Å²) in [5, 5.41) is 7.50. The first-order chi connectivity index (χ1) is 28.3. The molecule has 0 aliphatic rings. The van der Waals surface area contributed by atoms with Crippen LogP contribution < -0.4 is 0 Å². The van der Waals surface area contributed by atoms with Crippen LogP contribution in [0.5, 0.6) is 0 Å². The summed E-state index contributed by atoms with van der Waals surface area (Å²) in [5.41, 5.74) is 15.5. The molecule has 0 aliphatic heterocycles. The largest absolute Gasteiger partial charge is 0.309 e. The second kappa shape index (κ2) is 12.5. The number of benzene rings is 9. The summed E-state index contributed by atoms with van der Waals surface area (Å²) < 4.78 is 7.21. The minimum Gasteiger partial charge on any atom is -0.309 e. The van der Waals surface area contributed by atoms with Gasteiger partial charge < -0.3 is 13.7 Å². The average Bonchev–Trinajstić information content (AvgIpc) is 3.92. The Kier molecular flexibility index (Phi) is 6.93. The highest BCUT2D eigenvalue weighted by Gasteiger charge is 2.20. The molecular formula is C54H35N3. The molecule has 57 heavy (non-hydrogen) atoms. The number of hydrogen-bond acceptors (Lipinski definition) is 0. The van der Waals surface area contributed by atoms with Gasteiger partial charge in [0.2, 0.25) is 0 Å². The fourth-order valence-electron chi connectivity index (χ4n) is 9.35. The van der Waals surface area contributed by atoms with E-state index in [1.54, 1.807) is 0 Å². The maximum absolute atomic E-state index is 2.42. The molecule has 0 N–H and O–H groups in total. The van der Waals surface area contributed by atoms with Crippen molar-refractivity contribution >= 4 is 65.4 Å². The second-order valence-electron chi connectivity index (χ2n) is 14.9. The lowest BCUT2D eigenvalue weighted by Gasteiger charge is -2.10. The van der Waals surface area contributed by atoms with Gasteiger partial charge in [-0.25, -0.2) is 0 Å². The summed E-state index contributed by atoms with van der Waals surface area (Å²) in [6.45, 7) is 0. The van der Waals surface area contributed by atoms with Gasteiger partial charge in [0.25, 0.3) is 0 Å². The molecule has 0 unspecified atom stereocenters. The highest BCUT2D eigenvalue weighted by atomic mass is 15.0. The number of fused-ring (bicyclic) bond motifs is 9. The molecule has 0 fully saturated rings. The van der Waals surface area contributed by atoms with Gasteiger partial charge >= 0.3 is 0 Å². The van der Waals surface area contributed by atoms with E-state index in [1.807, 2.05) is 0 Å². The highest BCUT2D eigenvalue weighted by molar-refractivity contribution is 6.18. The fourth-order valence-corrected chi connectivity index (χ4v) is 9.35. The number of nitrogens with zero attached hydrogens (tertiary/aromatic N) is 3. The Morgan fingerprint density at radius 3 is 1.26 bits per heavy atom. The predicted molar refractivity (Wildman–Crippen MR) is 240 cm³/mol. The molecule has 0 aliphatic carbocycles. The van der Waals surface area contributed by atoms with Gasteiger partial charge in [0.05, 0.1) is 33.1 Å². The molecule has 266 valence electrons. The lowest BCUT2D eigenvalue weighted by Crippen LogP contribution is -1.94. The molecule has 0 atom stereocenters. The van der Waals surface area contributed by atoms with Crippen molar-refractivity contribution in [2.24, 2.45) is 0 Å². The molecule has 0 saturated carbocycles. The van der Waals surface area contributed by atoms with Gasteiger partial charge in [-0.15, -0.1) is 0 Å². The Morgan fingerprint density at radius 2 is 0.649 bits per heavy atom. The van der Waals surface area contributed by atoms with Crippen molar-refractivity contribution in [2.45, 2.75) is 0 Å². The van der Waals surface area contributed by atoms with Crippen LogP contribution >= 0.6 is 0 Å². The third-order valence-corrected chi connectivity index (χ3v) is 11.8. The molecule has 0 bridgehead atoms. The van der Waals surface area contributed by atoms with E-state index in [-0.39, 0.29) is 0 Å². The van der Waals surface area contributed by atoms with Crippen LogP contribution in [0.4, 0.5) is 0 Å². The van der Waals surface area contributed by atoms with Crippen LogP contribution in [0.15, 0.2) is 212 Å². The van der Waals surface area contributed by atoms with E-state index >= 15 is 0 Å². The monoisotopic (exact) mass is 725 g/mol. The number of rotatable bonds is 5. The lowest BCUT2D eigenvalue weighted by molar-refractivity contribution is 1.18. The van der Waals surface area contributed by atoms with Crippen LogP contribution in [-0.2, 0) is 0 Å². The Labute approximate surface area is 329 Å². The van der Waals surface area contributed by atoms with E-state index in [0.717, 1.165) is 11.4 Å². The van der Waals surface area contributed by atoms with Crippen molar-refractivity contribution in [1.82, 2.24) is 13.7 Å². The topological polar surface area (TPSA) is 14.8 Å². The maximum Gasteiger partial charge on any atom is 0.0547 e. The molecule has 9 aromatic carbocycles. The summed E-state index contributed by atoms with van der Waals surface area (Å²) in [4.78, 5) is 0. The Morgan fingerprint density at radius 1 is 0.228 bits per heavy atom. The third kappa shape index (κ3) is 4.79. The zero-order valence-electron chi connectivity index (χ0n) is 31.0. The first-order valence-electron chi connectivity index (χ1n) is 19.6. The van der Waals surface area contributed by atoms with Crippen molar-refractivity contribution in [3.63, 3.8) is 0 Å². The van der Waals surface area contributed by atoms with Gasteiger partial charge in [0.15, 0.2) is 0 Å². The summed E-state index contributed by atoms with van der Waals surface area (Å²) in [5.74, 6) is 0. The van der Waals surface area contributed by atoms with E-state index in [9.17, 15) is 0 Å². The Hall–Kier alpha value is -7.62. The molecule has 3 heterocycles. The quantitative estimate of drug-likeness (QED) is 0.168. The van der Waals surface area contributed by atoms with Crippen LogP contribution in [0.1, 0.15) is 0 Å². The average molecular weight is 726 g/mol. The molecule has 12 rings (SSSR count). The van der Waals surface area contributed by atoms with Gasteiger partial charge in [-0.2, -0.15) is 0 Å². The van der Waals surface area contributed by atoms with E-state index in [4.69, 9.17) is 0 Å². The fraction of sp³-hybridized carbons (Fsp3) is 0. The van der Waals surface area contributed by atoms with Crippen molar-refractivity contribution in [1.29, 1.82) is 0 Å². The van der Waals surface area contributed by atoms with Gasteiger partial charge in [-0.1, -0.05) is 127 Å². The van der Waals surface area contributed by atoms with Crippen molar-refractivity contribution < 1.29 is 0 Å². The zero-order chi connectivity index (χ0) is 37.5. The summed E-state index contributed by atoms with van der Waals surface area (Å²) in [6, 6.07) is 77.4. The summed E-state index contributed by atoms with van der Waals surface area (Å²) >= 11 is 0. The van der Waals surface area contributed by atoms with Gasteiger partial charge in [0, 0.05) is 49.4 Å². The lowest BCUT2D eigenvalue weighted by atomic mass is 9.96. The standard InChI is InChI=1S/C54H35N3/c1-4-15-39(16-5-1)55-49-25-13-11-22-44(49)46-33-36(28-31-50(46)55)37-29-32-51-47(34-37)54-42(23-14-26-52(54)56(51)40-17-6-2-7-18-40)38-27-30-45-43-21-10-12-24-48(43)57(53(45)35-38)41-19-8-3-9-20-41/h1-35H. The predicted octanol–water partition coefficient (Wildman–Crippen LogP) is 14.3. The molecule has 3 heteroatoms. The molecular weight excluding hydrogens is 691 g/mol. The molecule has 0 spiro atoms. The molecule has 0 saturated heterocycles. The minimum atomic E-state index is 1.15. The Balaban J connectivity index is 1.11. The van der Waals surface area contributed by atoms with Crippen LogP contribution in [-0.4, -0.2) is 13.7 Å². The van der Waals surface area contributed by atoms with Crippen LogP contribution in [0.2, 0.25) is 0 Å². The minimum absolute atomic E-state index is 1.15. The first kappa shape index (κ1) is 31.7. The van der Waals surface area contributed by atoms with E-state index < -0.39 is 0 Å². The normalized spacial score (nSPS) is 11.9. The summed E-state index contributed by atoms with van der Waals surface area (Å²) in [7, 11) is 0. The van der Waals surface area contributed by atoms with Gasteiger partial charge in [0.1, 0.15) is 0 Å². The molecule has 0 amide bonds. The SMILES string of the molecule is c1ccc(-n2c3ccccc3c3cc(-c4ccc5c(c4)c4c(-c6ccc7c8ccccc8n(-c8ccccc8)c7c6)cccc4n5-c4ccccc4)ccc32)cc1. The molecule has 3 nitrogen and oxygen atoms in total. The first-order valence-corrected chi connectivity index (χ1v) is 19.6. The van der Waals surface area contributed by atoms with Crippen molar-refractivity contribution in [2.75, 3.05) is 0 Å². The summed E-state index contributed by atoms with van der Waals surface area (Å²) in [6.07, 6.45) is 0. The zero-order valence-corrected chi connectivity index (χ0v) is 31.0. The number of para-hydroxylation sites is 5. The Bertz CT molecular complexity index is 3500. The number of aromatic nitrogens is 3. The van der Waals surface area contributed by atoms with Crippen molar-refractivity contribution in [3.8, 4) is 39.3 Å². The van der Waals surface area contributed by atoms with E-state index in [2.05, 4.69) is 226 Å². The number of hydrogen-bond donors (Lipinski definition) is 0. The molecule has 3 aromatic heterocycles.